The summed E-state index contributed by atoms with van der Waals surface area (Å²) in [5.74, 6) is 1.59. The molecule has 2 fully saturated rings. The van der Waals surface area contributed by atoms with Crippen LogP contribution in [0.1, 0.15) is 31.5 Å². The molecule has 1 aromatic heterocycles. The SMILES string of the molecule is c1nc(CN2CCCC(CNC3CC3)C2)no1. The van der Waals surface area contributed by atoms with E-state index in [9.17, 15) is 0 Å². The zero-order valence-corrected chi connectivity index (χ0v) is 10.1. The van der Waals surface area contributed by atoms with Crippen molar-refractivity contribution in [3.8, 4) is 0 Å². The fourth-order valence-corrected chi connectivity index (χ4v) is 2.54. The fourth-order valence-electron chi connectivity index (χ4n) is 2.54. The van der Waals surface area contributed by atoms with Crippen molar-refractivity contribution in [2.75, 3.05) is 19.6 Å². The third kappa shape index (κ3) is 3.26. The number of nitrogens with zero attached hydrogens (tertiary/aromatic N) is 3. The first-order valence-electron chi connectivity index (χ1n) is 6.61. The van der Waals surface area contributed by atoms with Crippen LogP contribution in [0.5, 0.6) is 0 Å². The van der Waals surface area contributed by atoms with E-state index in [4.69, 9.17) is 4.52 Å². The molecule has 5 nitrogen and oxygen atoms in total. The second kappa shape index (κ2) is 5.14. The smallest absolute Gasteiger partial charge is 0.213 e. The lowest BCUT2D eigenvalue weighted by molar-refractivity contribution is 0.160. The van der Waals surface area contributed by atoms with Crippen LogP contribution < -0.4 is 5.32 Å². The van der Waals surface area contributed by atoms with Crippen molar-refractivity contribution in [2.24, 2.45) is 5.92 Å². The van der Waals surface area contributed by atoms with Crippen LogP contribution >= 0.6 is 0 Å². The molecule has 0 bridgehead atoms. The zero-order valence-electron chi connectivity index (χ0n) is 10.1. The van der Waals surface area contributed by atoms with Crippen molar-refractivity contribution in [1.82, 2.24) is 20.4 Å². The van der Waals surface area contributed by atoms with Crippen molar-refractivity contribution in [1.29, 1.82) is 0 Å². The first-order chi connectivity index (χ1) is 8.40. The Kier molecular flexibility index (Phi) is 3.38. The van der Waals surface area contributed by atoms with Crippen LogP contribution in [-0.2, 0) is 6.54 Å². The van der Waals surface area contributed by atoms with Crippen molar-refractivity contribution in [3.63, 3.8) is 0 Å². The van der Waals surface area contributed by atoms with Gasteiger partial charge in [0.15, 0.2) is 5.82 Å². The Morgan fingerprint density at radius 2 is 2.35 bits per heavy atom. The molecule has 5 heteroatoms. The second-order valence-corrected chi connectivity index (χ2v) is 5.27. The van der Waals surface area contributed by atoms with E-state index in [0.29, 0.717) is 0 Å². The van der Waals surface area contributed by atoms with Crippen LogP contribution in [0.25, 0.3) is 0 Å². The maximum absolute atomic E-state index is 4.77. The van der Waals surface area contributed by atoms with Crippen LogP contribution in [0.2, 0.25) is 0 Å². The normalized spacial score (nSPS) is 26.2. The van der Waals surface area contributed by atoms with Gasteiger partial charge in [-0.1, -0.05) is 5.16 Å². The van der Waals surface area contributed by atoms with E-state index in [-0.39, 0.29) is 0 Å². The van der Waals surface area contributed by atoms with Gasteiger partial charge in [-0.05, 0) is 44.7 Å². The van der Waals surface area contributed by atoms with Gasteiger partial charge in [0.2, 0.25) is 6.39 Å². The molecular weight excluding hydrogens is 216 g/mol. The van der Waals surface area contributed by atoms with Crippen LogP contribution in [0.15, 0.2) is 10.9 Å². The number of rotatable bonds is 5. The molecule has 0 spiro atoms. The van der Waals surface area contributed by atoms with Gasteiger partial charge in [-0.3, -0.25) is 4.90 Å². The molecule has 3 rings (SSSR count). The fraction of sp³-hybridized carbons (Fsp3) is 0.833. The molecule has 0 radical (unpaired) electrons. The molecule has 1 atom stereocenters. The van der Waals surface area contributed by atoms with Gasteiger partial charge >= 0.3 is 0 Å². The number of hydrogen-bond donors (Lipinski definition) is 1. The lowest BCUT2D eigenvalue weighted by Crippen LogP contribution is -2.39. The van der Waals surface area contributed by atoms with Gasteiger partial charge < -0.3 is 9.84 Å². The summed E-state index contributed by atoms with van der Waals surface area (Å²) in [6.07, 6.45) is 6.79. The third-order valence-electron chi connectivity index (χ3n) is 3.65. The number of nitrogens with one attached hydrogen (secondary N) is 1. The lowest BCUT2D eigenvalue weighted by atomic mass is 9.98. The van der Waals surface area contributed by atoms with Gasteiger partial charge in [-0.15, -0.1) is 0 Å². The Bertz CT molecular complexity index is 336. The molecule has 1 aromatic rings. The van der Waals surface area contributed by atoms with Crippen molar-refractivity contribution < 1.29 is 4.52 Å². The molecule has 1 aliphatic carbocycles. The first-order valence-corrected chi connectivity index (χ1v) is 6.61. The Hall–Kier alpha value is -0.940. The maximum atomic E-state index is 4.77. The molecule has 1 saturated heterocycles. The molecule has 1 aliphatic heterocycles. The summed E-state index contributed by atoms with van der Waals surface area (Å²) in [5, 5.41) is 7.51. The van der Waals surface area contributed by atoms with Crippen molar-refractivity contribution >= 4 is 0 Å². The minimum atomic E-state index is 0.788. The quantitative estimate of drug-likeness (QED) is 0.827. The van der Waals surface area contributed by atoms with E-state index in [2.05, 4.69) is 20.4 Å². The summed E-state index contributed by atoms with van der Waals surface area (Å²) in [6.45, 7) is 4.33. The summed E-state index contributed by atoms with van der Waals surface area (Å²) in [4.78, 5) is 6.52. The average Bonchev–Trinajstić information content (AvgIpc) is 3.05. The average molecular weight is 236 g/mol. The summed E-state index contributed by atoms with van der Waals surface area (Å²) in [6, 6.07) is 0.822. The van der Waals surface area contributed by atoms with E-state index in [0.717, 1.165) is 37.4 Å². The summed E-state index contributed by atoms with van der Waals surface area (Å²) < 4.78 is 4.77. The molecule has 17 heavy (non-hydrogen) atoms. The topological polar surface area (TPSA) is 54.2 Å². The molecule has 1 unspecified atom stereocenters. The van der Waals surface area contributed by atoms with Gasteiger partial charge in [0.25, 0.3) is 0 Å². The summed E-state index contributed by atoms with van der Waals surface area (Å²) in [5.41, 5.74) is 0. The maximum Gasteiger partial charge on any atom is 0.213 e. The van der Waals surface area contributed by atoms with Gasteiger partial charge in [0.05, 0.1) is 6.54 Å². The lowest BCUT2D eigenvalue weighted by Gasteiger charge is -2.32. The van der Waals surface area contributed by atoms with Gasteiger partial charge in [-0.25, -0.2) is 0 Å². The number of hydrogen-bond acceptors (Lipinski definition) is 5. The first kappa shape index (κ1) is 11.2. The van der Waals surface area contributed by atoms with Crippen LogP contribution in [0, 0.1) is 5.92 Å². The van der Waals surface area contributed by atoms with E-state index >= 15 is 0 Å². The highest BCUT2D eigenvalue weighted by Crippen LogP contribution is 2.21. The highest BCUT2D eigenvalue weighted by atomic mass is 16.5. The van der Waals surface area contributed by atoms with Crippen LogP contribution in [-0.4, -0.2) is 40.7 Å². The van der Waals surface area contributed by atoms with E-state index in [1.165, 1.54) is 38.6 Å². The second-order valence-electron chi connectivity index (χ2n) is 5.27. The molecule has 0 amide bonds. The predicted molar refractivity (Wildman–Crippen MR) is 63.3 cm³/mol. The van der Waals surface area contributed by atoms with Gasteiger partial charge in [0.1, 0.15) is 0 Å². The third-order valence-corrected chi connectivity index (χ3v) is 3.65. The molecule has 0 aromatic carbocycles. The standard InChI is InChI=1S/C12H20N4O/c1-2-10(6-13-11-3-4-11)7-16(5-1)8-12-14-9-17-15-12/h9-11,13H,1-8H2. The Balaban J connectivity index is 1.45. The van der Waals surface area contributed by atoms with Crippen molar-refractivity contribution in [3.05, 3.63) is 12.2 Å². The molecule has 94 valence electrons. The molecule has 1 saturated carbocycles. The molecule has 1 N–H and O–H groups in total. The Morgan fingerprint density at radius 1 is 1.41 bits per heavy atom. The summed E-state index contributed by atoms with van der Waals surface area (Å²) in [7, 11) is 0. The number of aromatic nitrogens is 2. The molecular formula is C12H20N4O. The number of piperidine rings is 1. The highest BCUT2D eigenvalue weighted by molar-refractivity contribution is 4.85. The van der Waals surface area contributed by atoms with Gasteiger partial charge in [0, 0.05) is 12.6 Å². The minimum absolute atomic E-state index is 0.788. The Morgan fingerprint density at radius 3 is 3.12 bits per heavy atom. The van der Waals surface area contributed by atoms with E-state index in [1.807, 2.05) is 0 Å². The van der Waals surface area contributed by atoms with Crippen molar-refractivity contribution in [2.45, 2.75) is 38.3 Å². The van der Waals surface area contributed by atoms with E-state index in [1.54, 1.807) is 0 Å². The minimum Gasteiger partial charge on any atom is -0.343 e. The van der Waals surface area contributed by atoms with E-state index < -0.39 is 0 Å². The van der Waals surface area contributed by atoms with Crippen LogP contribution in [0.4, 0.5) is 0 Å². The van der Waals surface area contributed by atoms with Gasteiger partial charge in [-0.2, -0.15) is 4.98 Å². The monoisotopic (exact) mass is 236 g/mol. The number of likely N-dealkylation sites (tertiary alicyclic amines) is 1. The van der Waals surface area contributed by atoms with Crippen LogP contribution in [0.3, 0.4) is 0 Å². The summed E-state index contributed by atoms with van der Waals surface area (Å²) >= 11 is 0. The molecule has 2 aliphatic rings. The molecule has 2 heterocycles. The highest BCUT2D eigenvalue weighted by Gasteiger charge is 2.25. The largest absolute Gasteiger partial charge is 0.343 e. The Labute approximate surface area is 102 Å². The zero-order chi connectivity index (χ0) is 11.5. The predicted octanol–water partition coefficient (Wildman–Crippen LogP) is 1.03.